The molecule has 0 nitrogen and oxygen atoms in total. The Kier molecular flexibility index (Phi) is 13.2. The Balaban J connectivity index is 0.000000196. The minimum atomic E-state index is -4.94. The maximum atomic E-state index is 13.8. The van der Waals surface area contributed by atoms with E-state index in [1.165, 1.54) is 0 Å². The van der Waals surface area contributed by atoms with Crippen LogP contribution in [-0.2, 0) is 24.7 Å². The van der Waals surface area contributed by atoms with E-state index in [0.717, 1.165) is 24.3 Å². The lowest BCUT2D eigenvalue weighted by molar-refractivity contribution is -0.144. The number of benzene rings is 8. The van der Waals surface area contributed by atoms with Gasteiger partial charge < -0.3 is 0 Å². The standard InChI is InChI=1S/2C26H18BF6/c2*28-25(29,30)19-16-20(26(31,32)33)18-24(17-19)27(21-10-4-1-5-11-21,22-12-6-2-7-13-22)23-14-8-3-9-15-23/h2*1-18H/q2*-1. The molecule has 0 saturated carbocycles. The van der Waals surface area contributed by atoms with Crippen LogP contribution in [0.5, 0.6) is 0 Å². The molecule has 336 valence electrons. The second-order valence-corrected chi connectivity index (χ2v) is 15.9. The lowest BCUT2D eigenvalue weighted by Crippen LogP contribution is -2.74. The van der Waals surface area contributed by atoms with Crippen LogP contribution in [0.25, 0.3) is 0 Å². The molecule has 0 bridgehead atoms. The lowest BCUT2D eigenvalue weighted by atomic mass is 9.13. The van der Waals surface area contributed by atoms with E-state index in [0.29, 0.717) is 32.8 Å². The third kappa shape index (κ3) is 9.54. The summed E-state index contributed by atoms with van der Waals surface area (Å²) in [5.41, 5.74) is -1.76. The molecule has 0 aliphatic carbocycles. The van der Waals surface area contributed by atoms with E-state index in [1.54, 1.807) is 182 Å². The second-order valence-electron chi connectivity index (χ2n) is 15.9. The third-order valence-electron chi connectivity index (χ3n) is 12.0. The van der Waals surface area contributed by atoms with Gasteiger partial charge in [-0.1, -0.05) is 206 Å². The molecule has 8 aromatic rings. The van der Waals surface area contributed by atoms with Crippen molar-refractivity contribution in [2.24, 2.45) is 0 Å². The first-order valence-electron chi connectivity index (χ1n) is 20.5. The molecular weight excluding hydrogens is 874 g/mol. The molecular formula is C52H36B2F12-2. The summed E-state index contributed by atoms with van der Waals surface area (Å²) in [6.07, 6.45) is -24.5. The molecule has 14 heteroatoms. The van der Waals surface area contributed by atoms with Crippen molar-refractivity contribution in [1.82, 2.24) is 0 Å². The molecule has 0 saturated heterocycles. The maximum Gasteiger partial charge on any atom is 0.416 e. The maximum absolute atomic E-state index is 13.8. The van der Waals surface area contributed by atoms with Gasteiger partial charge in [0.1, 0.15) is 12.3 Å². The quantitative estimate of drug-likeness (QED) is 0.105. The van der Waals surface area contributed by atoms with Crippen LogP contribution < -0.4 is 43.7 Å². The predicted octanol–water partition coefficient (Wildman–Crippen LogP) is 10.2. The molecule has 0 heterocycles. The normalized spacial score (nSPS) is 12.5. The van der Waals surface area contributed by atoms with E-state index in [9.17, 15) is 52.7 Å². The Bertz CT molecular complexity index is 2370. The summed E-state index contributed by atoms with van der Waals surface area (Å²) in [7, 11) is 0. The van der Waals surface area contributed by atoms with Gasteiger partial charge in [-0.05, 0) is 12.1 Å². The van der Waals surface area contributed by atoms with Crippen LogP contribution in [0.1, 0.15) is 22.3 Å². The van der Waals surface area contributed by atoms with Gasteiger partial charge >= 0.3 is 24.7 Å². The van der Waals surface area contributed by atoms with Gasteiger partial charge in [-0.25, -0.2) is 0 Å². The molecule has 0 aliphatic rings. The number of rotatable bonds is 8. The van der Waals surface area contributed by atoms with Crippen LogP contribution in [-0.4, -0.2) is 12.3 Å². The van der Waals surface area contributed by atoms with E-state index in [4.69, 9.17) is 0 Å². The third-order valence-corrected chi connectivity index (χ3v) is 12.0. The Labute approximate surface area is 373 Å². The van der Waals surface area contributed by atoms with E-state index in [-0.39, 0.29) is 23.1 Å². The highest BCUT2D eigenvalue weighted by atomic mass is 19.4. The fourth-order valence-electron chi connectivity index (χ4n) is 9.22. The molecule has 0 spiro atoms. The van der Waals surface area contributed by atoms with Crippen molar-refractivity contribution < 1.29 is 52.7 Å². The average Bonchev–Trinajstić information content (AvgIpc) is 3.31. The van der Waals surface area contributed by atoms with Gasteiger partial charge in [0.05, 0.1) is 22.3 Å². The topological polar surface area (TPSA) is 0 Å². The van der Waals surface area contributed by atoms with Crippen LogP contribution in [0.15, 0.2) is 218 Å². The van der Waals surface area contributed by atoms with E-state index < -0.39 is 59.3 Å². The highest BCUT2D eigenvalue weighted by Crippen LogP contribution is 2.37. The van der Waals surface area contributed by atoms with Gasteiger partial charge in [0.25, 0.3) is 0 Å². The highest BCUT2D eigenvalue weighted by molar-refractivity contribution is 7.20. The monoisotopic (exact) mass is 910 g/mol. The molecule has 8 aromatic carbocycles. The number of halogens is 12. The van der Waals surface area contributed by atoms with Crippen molar-refractivity contribution in [2.75, 3.05) is 0 Å². The van der Waals surface area contributed by atoms with Gasteiger partial charge in [-0.3, -0.25) is 0 Å². The average molecular weight is 910 g/mol. The van der Waals surface area contributed by atoms with Crippen molar-refractivity contribution in [3.05, 3.63) is 241 Å². The molecule has 0 N–H and O–H groups in total. The molecule has 0 aromatic heterocycles. The van der Waals surface area contributed by atoms with Gasteiger partial charge in [-0.15, -0.1) is 0 Å². The zero-order chi connectivity index (χ0) is 47.4. The summed E-state index contributed by atoms with van der Waals surface area (Å²) in [5, 5.41) is 0. The van der Waals surface area contributed by atoms with Crippen LogP contribution in [0, 0.1) is 0 Å². The van der Waals surface area contributed by atoms with Crippen molar-refractivity contribution in [3.8, 4) is 0 Å². The Morgan fingerprint density at radius 3 is 0.485 bits per heavy atom. The SMILES string of the molecule is FC(F)(F)c1cc([B-](c2ccccc2)(c2ccccc2)c2ccccc2)cc(C(F)(F)F)c1.FC(F)(F)c1cc([B-](c2ccccc2)(c2ccccc2)c2ccccc2)cc(C(F)(F)F)c1. The molecule has 0 aliphatic heterocycles. The molecule has 0 unspecified atom stereocenters. The zero-order valence-electron chi connectivity index (χ0n) is 34.5. The summed E-state index contributed by atoms with van der Waals surface area (Å²) in [6, 6.07) is 56.0. The predicted molar refractivity (Wildman–Crippen MR) is 240 cm³/mol. The van der Waals surface area contributed by atoms with E-state index in [1.807, 2.05) is 0 Å². The number of hydrogen-bond acceptors (Lipinski definition) is 0. The van der Waals surface area contributed by atoms with Crippen LogP contribution in [0.4, 0.5) is 52.7 Å². The fraction of sp³-hybridized carbons (Fsp3) is 0.0769. The Morgan fingerprint density at radius 1 is 0.197 bits per heavy atom. The van der Waals surface area contributed by atoms with Crippen molar-refractivity contribution in [3.63, 3.8) is 0 Å². The molecule has 0 radical (unpaired) electrons. The molecule has 66 heavy (non-hydrogen) atoms. The van der Waals surface area contributed by atoms with Gasteiger partial charge in [-0.2, -0.15) is 96.4 Å². The molecule has 0 amide bonds. The van der Waals surface area contributed by atoms with Crippen LogP contribution in [0.3, 0.4) is 0 Å². The summed E-state index contributed by atoms with van der Waals surface area (Å²) in [6.45, 7) is 0. The van der Waals surface area contributed by atoms with Crippen molar-refractivity contribution in [1.29, 1.82) is 0 Å². The smallest absolute Gasteiger partial charge is 0.195 e. The van der Waals surface area contributed by atoms with Gasteiger partial charge in [0.2, 0.25) is 0 Å². The Hall–Kier alpha value is -6.95. The zero-order valence-corrected chi connectivity index (χ0v) is 34.5. The van der Waals surface area contributed by atoms with Crippen LogP contribution in [0.2, 0.25) is 0 Å². The van der Waals surface area contributed by atoms with Crippen molar-refractivity contribution in [2.45, 2.75) is 24.7 Å². The fourth-order valence-corrected chi connectivity index (χ4v) is 9.22. The van der Waals surface area contributed by atoms with E-state index >= 15 is 0 Å². The lowest BCUT2D eigenvalue weighted by Gasteiger charge is -2.44. The van der Waals surface area contributed by atoms with Crippen molar-refractivity contribution >= 4 is 56.0 Å². The minimum Gasteiger partial charge on any atom is -0.195 e. The molecule has 0 atom stereocenters. The summed E-state index contributed by atoms with van der Waals surface area (Å²) < 4.78 is 165. The highest BCUT2D eigenvalue weighted by Gasteiger charge is 2.42. The second kappa shape index (κ2) is 18.5. The number of alkyl halides is 12. The number of hydrogen-bond donors (Lipinski definition) is 0. The summed E-state index contributed by atoms with van der Waals surface area (Å²) >= 11 is 0. The molecule has 8 rings (SSSR count). The van der Waals surface area contributed by atoms with E-state index in [2.05, 4.69) is 0 Å². The first-order valence-corrected chi connectivity index (χ1v) is 20.5. The summed E-state index contributed by atoms with van der Waals surface area (Å²) in [5.74, 6) is 0. The van der Waals surface area contributed by atoms with Gasteiger partial charge in [0.15, 0.2) is 0 Å². The largest absolute Gasteiger partial charge is 0.416 e. The minimum absolute atomic E-state index is 0.0549. The first-order chi connectivity index (χ1) is 31.3. The molecule has 0 fully saturated rings. The van der Waals surface area contributed by atoms with Gasteiger partial charge in [0, 0.05) is 0 Å². The Morgan fingerprint density at radius 2 is 0.348 bits per heavy atom. The summed E-state index contributed by atoms with van der Waals surface area (Å²) in [4.78, 5) is 0. The first kappa shape index (κ1) is 47.0. The van der Waals surface area contributed by atoms with Crippen LogP contribution >= 0.6 is 0 Å².